The fourth-order valence-electron chi connectivity index (χ4n) is 3.00. The van der Waals surface area contributed by atoms with E-state index in [4.69, 9.17) is 5.73 Å². The molecule has 0 aromatic heterocycles. The van der Waals surface area contributed by atoms with Crippen LogP contribution in [0.5, 0.6) is 0 Å². The molecule has 0 bridgehead atoms. The normalized spacial score (nSPS) is 35.1. The van der Waals surface area contributed by atoms with Crippen LogP contribution in [0, 0.1) is 5.92 Å². The van der Waals surface area contributed by atoms with Gasteiger partial charge in [-0.3, -0.25) is 0 Å². The van der Waals surface area contributed by atoms with Gasteiger partial charge >= 0.3 is 0 Å². The number of piperidine rings is 1. The zero-order valence-corrected chi connectivity index (χ0v) is 11.5. The zero-order chi connectivity index (χ0) is 12.3. The molecular formula is C14H29N3. The Morgan fingerprint density at radius 2 is 2.18 bits per heavy atom. The Bertz CT molecular complexity index is 240. The molecule has 0 aromatic carbocycles. The van der Waals surface area contributed by atoms with Gasteiger partial charge in [0.05, 0.1) is 0 Å². The summed E-state index contributed by atoms with van der Waals surface area (Å²) in [5.74, 6) is 1.06. The van der Waals surface area contributed by atoms with Gasteiger partial charge in [0.15, 0.2) is 0 Å². The lowest BCUT2D eigenvalue weighted by Crippen LogP contribution is -2.59. The first-order valence-corrected chi connectivity index (χ1v) is 7.30. The molecule has 0 radical (unpaired) electrons. The largest absolute Gasteiger partial charge is 0.329 e. The Morgan fingerprint density at radius 3 is 2.76 bits per heavy atom. The summed E-state index contributed by atoms with van der Waals surface area (Å²) in [5, 5.41) is 3.77. The van der Waals surface area contributed by atoms with E-state index < -0.39 is 0 Å². The van der Waals surface area contributed by atoms with Crippen molar-refractivity contribution in [1.29, 1.82) is 0 Å². The quantitative estimate of drug-likeness (QED) is 0.692. The van der Waals surface area contributed by atoms with Crippen molar-refractivity contribution in [2.45, 2.75) is 57.0 Å². The van der Waals surface area contributed by atoms with Crippen molar-refractivity contribution in [2.75, 3.05) is 26.7 Å². The van der Waals surface area contributed by atoms with Crippen LogP contribution in [0.2, 0.25) is 0 Å². The second-order valence-corrected chi connectivity index (χ2v) is 6.28. The Hall–Kier alpha value is -0.120. The first kappa shape index (κ1) is 13.3. The van der Waals surface area contributed by atoms with E-state index in [9.17, 15) is 0 Å². The SMILES string of the molecule is CC1CC(CN)(NCCCC2CC2)CCN1C. The topological polar surface area (TPSA) is 41.3 Å². The van der Waals surface area contributed by atoms with Crippen molar-refractivity contribution >= 4 is 0 Å². The Morgan fingerprint density at radius 1 is 1.41 bits per heavy atom. The average molecular weight is 239 g/mol. The van der Waals surface area contributed by atoms with Gasteiger partial charge in [0.2, 0.25) is 0 Å². The fourth-order valence-corrected chi connectivity index (χ4v) is 3.00. The molecule has 0 aromatic rings. The van der Waals surface area contributed by atoms with E-state index in [1.165, 1.54) is 45.1 Å². The summed E-state index contributed by atoms with van der Waals surface area (Å²) in [6.45, 7) is 5.43. The number of hydrogen-bond donors (Lipinski definition) is 2. The lowest BCUT2D eigenvalue weighted by molar-refractivity contribution is 0.111. The molecule has 2 rings (SSSR count). The maximum absolute atomic E-state index is 6.02. The van der Waals surface area contributed by atoms with Gasteiger partial charge in [-0.05, 0) is 58.7 Å². The van der Waals surface area contributed by atoms with Crippen molar-refractivity contribution in [3.05, 3.63) is 0 Å². The maximum Gasteiger partial charge on any atom is 0.0330 e. The molecule has 100 valence electrons. The number of nitrogens with one attached hydrogen (secondary N) is 1. The molecule has 2 unspecified atom stereocenters. The van der Waals surface area contributed by atoms with E-state index >= 15 is 0 Å². The van der Waals surface area contributed by atoms with E-state index in [2.05, 4.69) is 24.2 Å². The monoisotopic (exact) mass is 239 g/mol. The van der Waals surface area contributed by atoms with Crippen molar-refractivity contribution in [3.63, 3.8) is 0 Å². The molecule has 17 heavy (non-hydrogen) atoms. The highest BCUT2D eigenvalue weighted by Gasteiger charge is 2.35. The van der Waals surface area contributed by atoms with Crippen LogP contribution in [0.25, 0.3) is 0 Å². The predicted octanol–water partition coefficient (Wildman–Crippen LogP) is 1.58. The van der Waals surface area contributed by atoms with Crippen molar-refractivity contribution in [3.8, 4) is 0 Å². The second kappa shape index (κ2) is 5.68. The fraction of sp³-hybridized carbons (Fsp3) is 1.00. The minimum Gasteiger partial charge on any atom is -0.329 e. The number of likely N-dealkylation sites (tertiary alicyclic amines) is 1. The van der Waals surface area contributed by atoms with Crippen molar-refractivity contribution in [2.24, 2.45) is 11.7 Å². The molecule has 2 fully saturated rings. The molecule has 3 heteroatoms. The van der Waals surface area contributed by atoms with Gasteiger partial charge in [0.1, 0.15) is 0 Å². The summed E-state index contributed by atoms with van der Waals surface area (Å²) >= 11 is 0. The van der Waals surface area contributed by atoms with E-state index in [-0.39, 0.29) is 5.54 Å². The highest BCUT2D eigenvalue weighted by Crippen LogP contribution is 2.33. The van der Waals surface area contributed by atoms with Crippen molar-refractivity contribution in [1.82, 2.24) is 10.2 Å². The van der Waals surface area contributed by atoms with Crippen molar-refractivity contribution < 1.29 is 0 Å². The molecule has 1 aliphatic heterocycles. The van der Waals surface area contributed by atoms with Gasteiger partial charge in [-0.2, -0.15) is 0 Å². The molecule has 0 spiro atoms. The molecule has 3 nitrogen and oxygen atoms in total. The summed E-state index contributed by atoms with van der Waals surface area (Å²) in [6.07, 6.45) is 8.10. The summed E-state index contributed by atoms with van der Waals surface area (Å²) in [4.78, 5) is 2.44. The van der Waals surface area contributed by atoms with Crippen LogP contribution in [0.4, 0.5) is 0 Å². The maximum atomic E-state index is 6.02. The average Bonchev–Trinajstić information content (AvgIpc) is 3.13. The molecular weight excluding hydrogens is 210 g/mol. The van der Waals surface area contributed by atoms with Gasteiger partial charge < -0.3 is 16.0 Å². The summed E-state index contributed by atoms with van der Waals surface area (Å²) in [7, 11) is 2.22. The first-order chi connectivity index (χ1) is 8.15. The summed E-state index contributed by atoms with van der Waals surface area (Å²) in [6, 6.07) is 0.656. The Balaban J connectivity index is 1.73. The van der Waals surface area contributed by atoms with Crippen LogP contribution in [0.1, 0.15) is 45.4 Å². The van der Waals surface area contributed by atoms with Crippen LogP contribution in [-0.4, -0.2) is 43.2 Å². The van der Waals surface area contributed by atoms with Crippen LogP contribution >= 0.6 is 0 Å². The highest BCUT2D eigenvalue weighted by atomic mass is 15.2. The van der Waals surface area contributed by atoms with E-state index in [0.29, 0.717) is 6.04 Å². The summed E-state index contributed by atoms with van der Waals surface area (Å²) < 4.78 is 0. The van der Waals surface area contributed by atoms with Gasteiger partial charge in [-0.15, -0.1) is 0 Å². The van der Waals surface area contributed by atoms with E-state index in [0.717, 1.165) is 19.0 Å². The molecule has 1 saturated heterocycles. The van der Waals surface area contributed by atoms with Crippen LogP contribution in [0.15, 0.2) is 0 Å². The first-order valence-electron chi connectivity index (χ1n) is 7.30. The van der Waals surface area contributed by atoms with Gasteiger partial charge in [0, 0.05) is 18.1 Å². The van der Waals surface area contributed by atoms with Gasteiger partial charge in [0.25, 0.3) is 0 Å². The lowest BCUT2D eigenvalue weighted by Gasteiger charge is -2.44. The number of rotatable bonds is 6. The minimum atomic E-state index is 0.218. The molecule has 1 saturated carbocycles. The van der Waals surface area contributed by atoms with Gasteiger partial charge in [-0.25, -0.2) is 0 Å². The second-order valence-electron chi connectivity index (χ2n) is 6.28. The Kier molecular flexibility index (Phi) is 4.45. The van der Waals surface area contributed by atoms with Crippen LogP contribution in [-0.2, 0) is 0 Å². The third-order valence-corrected chi connectivity index (χ3v) is 4.76. The highest BCUT2D eigenvalue weighted by molar-refractivity contribution is 4.96. The number of nitrogens with zero attached hydrogens (tertiary/aromatic N) is 1. The zero-order valence-electron chi connectivity index (χ0n) is 11.5. The molecule has 0 amide bonds. The predicted molar refractivity (Wildman–Crippen MR) is 73.1 cm³/mol. The molecule has 3 N–H and O–H groups in total. The van der Waals surface area contributed by atoms with E-state index in [1.807, 2.05) is 0 Å². The lowest BCUT2D eigenvalue weighted by atomic mass is 9.83. The molecule has 1 heterocycles. The third-order valence-electron chi connectivity index (χ3n) is 4.76. The third kappa shape index (κ3) is 3.67. The standard InChI is InChI=1S/C14H29N3/c1-12-10-14(11-15,7-9-17(12)2)16-8-3-4-13-5-6-13/h12-13,16H,3-11,15H2,1-2H3. The van der Waals surface area contributed by atoms with Gasteiger partial charge in [-0.1, -0.05) is 12.8 Å². The minimum absolute atomic E-state index is 0.218. The summed E-state index contributed by atoms with van der Waals surface area (Å²) in [5.41, 5.74) is 6.24. The van der Waals surface area contributed by atoms with Crippen LogP contribution < -0.4 is 11.1 Å². The molecule has 2 aliphatic rings. The number of nitrogens with two attached hydrogens (primary N) is 1. The molecule has 1 aliphatic carbocycles. The Labute approximate surface area is 106 Å². The number of hydrogen-bond acceptors (Lipinski definition) is 3. The van der Waals surface area contributed by atoms with Crippen LogP contribution in [0.3, 0.4) is 0 Å². The van der Waals surface area contributed by atoms with E-state index in [1.54, 1.807) is 0 Å². The molecule has 2 atom stereocenters. The smallest absolute Gasteiger partial charge is 0.0330 e.